The van der Waals surface area contributed by atoms with Gasteiger partial charge in [0.05, 0.1) is 11.3 Å². The summed E-state index contributed by atoms with van der Waals surface area (Å²) in [5.74, 6) is -0.289. The van der Waals surface area contributed by atoms with E-state index in [1.807, 2.05) is 41.3 Å². The van der Waals surface area contributed by atoms with Gasteiger partial charge in [0.1, 0.15) is 12.3 Å². The number of benzene rings is 2. The number of ether oxygens (including phenoxy) is 1. The molecule has 0 saturated heterocycles. The predicted molar refractivity (Wildman–Crippen MR) is 108 cm³/mol. The van der Waals surface area contributed by atoms with Crippen molar-refractivity contribution in [1.82, 2.24) is 0 Å². The second-order valence-corrected chi connectivity index (χ2v) is 7.13. The summed E-state index contributed by atoms with van der Waals surface area (Å²) < 4.78 is 5.38. The second-order valence-electron chi connectivity index (χ2n) is 7.13. The molecule has 2 aromatic rings. The first kappa shape index (κ1) is 19.9. The topological polar surface area (TPSA) is 72.7 Å². The molecular formula is C22H26N2O4. The van der Waals surface area contributed by atoms with Gasteiger partial charge >= 0.3 is 5.97 Å². The Hall–Kier alpha value is -2.89. The maximum atomic E-state index is 12.3. The molecule has 1 aliphatic rings. The number of carbonyl (C=O) groups excluding carboxylic acids is 1. The predicted octanol–water partition coefficient (Wildman–Crippen LogP) is 4.87. The van der Waals surface area contributed by atoms with E-state index in [4.69, 9.17) is 4.74 Å². The summed E-state index contributed by atoms with van der Waals surface area (Å²) in [5.41, 5.74) is 1.62. The molecule has 0 heterocycles. The lowest BCUT2D eigenvalue weighted by Gasteiger charge is -2.35. The molecule has 1 fully saturated rings. The van der Waals surface area contributed by atoms with Gasteiger partial charge in [-0.2, -0.15) is 0 Å². The van der Waals surface area contributed by atoms with E-state index < -0.39 is 0 Å². The molecule has 0 amide bonds. The first-order valence-electron chi connectivity index (χ1n) is 9.85. The molecule has 28 heavy (non-hydrogen) atoms. The summed E-state index contributed by atoms with van der Waals surface area (Å²) in [6.07, 6.45) is 5.60. The van der Waals surface area contributed by atoms with Crippen LogP contribution in [0.5, 0.6) is 0 Å². The van der Waals surface area contributed by atoms with Crippen molar-refractivity contribution < 1.29 is 14.5 Å². The number of nitro benzene ring substituents is 1. The molecule has 0 unspecified atom stereocenters. The Labute approximate surface area is 165 Å². The maximum Gasteiger partial charge on any atom is 0.307 e. The Balaban J connectivity index is 1.67. The molecule has 0 aromatic heterocycles. The van der Waals surface area contributed by atoms with E-state index in [2.05, 4.69) is 0 Å². The quantitative estimate of drug-likeness (QED) is 0.370. The fourth-order valence-electron chi connectivity index (χ4n) is 3.78. The van der Waals surface area contributed by atoms with Crippen molar-refractivity contribution in [2.75, 3.05) is 11.4 Å². The Morgan fingerprint density at radius 3 is 2.43 bits per heavy atom. The van der Waals surface area contributed by atoms with Crippen molar-refractivity contribution in [3.8, 4) is 0 Å². The lowest BCUT2D eigenvalue weighted by atomic mass is 9.93. The molecule has 0 N–H and O–H groups in total. The minimum absolute atomic E-state index is 0.0886. The van der Waals surface area contributed by atoms with Crippen LogP contribution >= 0.6 is 0 Å². The molecule has 0 spiro atoms. The zero-order chi connectivity index (χ0) is 19.8. The second kappa shape index (κ2) is 9.88. The van der Waals surface area contributed by atoms with Gasteiger partial charge in [0.15, 0.2) is 0 Å². The molecule has 2 aromatic carbocycles. The molecule has 0 atom stereocenters. The molecule has 1 saturated carbocycles. The van der Waals surface area contributed by atoms with E-state index in [-0.39, 0.29) is 35.6 Å². The summed E-state index contributed by atoms with van der Waals surface area (Å²) in [7, 11) is 0. The lowest BCUT2D eigenvalue weighted by molar-refractivity contribution is -0.384. The van der Waals surface area contributed by atoms with Gasteiger partial charge in [0.25, 0.3) is 5.69 Å². The number of anilines is 1. The number of carbonyl (C=O) groups is 1. The van der Waals surface area contributed by atoms with Gasteiger partial charge in [-0.3, -0.25) is 14.9 Å². The van der Waals surface area contributed by atoms with Crippen LogP contribution in [0.3, 0.4) is 0 Å². The van der Waals surface area contributed by atoms with Crippen molar-refractivity contribution in [3.05, 3.63) is 70.3 Å². The van der Waals surface area contributed by atoms with Crippen molar-refractivity contribution >= 4 is 17.3 Å². The molecule has 0 aliphatic heterocycles. The first-order valence-corrected chi connectivity index (χ1v) is 9.85. The van der Waals surface area contributed by atoms with Gasteiger partial charge in [-0.05, 0) is 24.5 Å². The Morgan fingerprint density at radius 2 is 1.71 bits per heavy atom. The number of nitrogens with zero attached hydrogens (tertiary/aromatic N) is 2. The van der Waals surface area contributed by atoms with Crippen LogP contribution in [0, 0.1) is 10.1 Å². The molecule has 0 bridgehead atoms. The van der Waals surface area contributed by atoms with Crippen molar-refractivity contribution in [2.45, 2.75) is 51.2 Å². The molecule has 6 nitrogen and oxygen atoms in total. The number of hydrogen-bond acceptors (Lipinski definition) is 5. The SMILES string of the molecule is O=C(CCN(c1ccccc1[N+](=O)[O-])C1CCCCC1)OCc1ccccc1. The van der Waals surface area contributed by atoms with Gasteiger partial charge in [-0.25, -0.2) is 0 Å². The fourth-order valence-corrected chi connectivity index (χ4v) is 3.78. The van der Waals surface area contributed by atoms with Crippen LogP contribution in [0.15, 0.2) is 54.6 Å². The normalized spacial score (nSPS) is 14.4. The van der Waals surface area contributed by atoms with E-state index in [1.54, 1.807) is 12.1 Å². The number of rotatable bonds is 8. The monoisotopic (exact) mass is 382 g/mol. The van der Waals surface area contributed by atoms with Gasteiger partial charge in [-0.15, -0.1) is 0 Å². The smallest absolute Gasteiger partial charge is 0.307 e. The van der Waals surface area contributed by atoms with Crippen molar-refractivity contribution in [1.29, 1.82) is 0 Å². The summed E-state index contributed by atoms with van der Waals surface area (Å²) in [5, 5.41) is 11.5. The Kier molecular flexibility index (Phi) is 7.00. The van der Waals surface area contributed by atoms with E-state index in [0.29, 0.717) is 12.2 Å². The molecule has 6 heteroatoms. The summed E-state index contributed by atoms with van der Waals surface area (Å²) in [6, 6.07) is 16.6. The summed E-state index contributed by atoms with van der Waals surface area (Å²) in [6.45, 7) is 0.664. The summed E-state index contributed by atoms with van der Waals surface area (Å²) in [4.78, 5) is 25.5. The largest absolute Gasteiger partial charge is 0.461 e. The van der Waals surface area contributed by atoms with Crippen LogP contribution in [0.2, 0.25) is 0 Å². The molecule has 0 radical (unpaired) electrons. The van der Waals surface area contributed by atoms with Crippen molar-refractivity contribution in [3.63, 3.8) is 0 Å². The minimum Gasteiger partial charge on any atom is -0.461 e. The van der Waals surface area contributed by atoms with E-state index in [1.165, 1.54) is 12.5 Å². The van der Waals surface area contributed by atoms with Crippen LogP contribution in [-0.2, 0) is 16.1 Å². The van der Waals surface area contributed by atoms with Gasteiger partial charge in [0.2, 0.25) is 0 Å². The van der Waals surface area contributed by atoms with Crippen LogP contribution < -0.4 is 4.90 Å². The Bertz CT molecular complexity index is 788. The average molecular weight is 382 g/mol. The van der Waals surface area contributed by atoms with E-state index in [0.717, 1.165) is 31.2 Å². The van der Waals surface area contributed by atoms with E-state index >= 15 is 0 Å². The van der Waals surface area contributed by atoms with Crippen LogP contribution in [0.25, 0.3) is 0 Å². The lowest BCUT2D eigenvalue weighted by Crippen LogP contribution is -2.38. The highest BCUT2D eigenvalue weighted by Gasteiger charge is 2.27. The average Bonchev–Trinajstić information content (AvgIpc) is 2.74. The van der Waals surface area contributed by atoms with E-state index in [9.17, 15) is 14.9 Å². The number of esters is 1. The molecular weight excluding hydrogens is 356 g/mol. The number of hydrogen-bond donors (Lipinski definition) is 0. The summed E-state index contributed by atoms with van der Waals surface area (Å²) >= 11 is 0. The highest BCUT2D eigenvalue weighted by Crippen LogP contribution is 2.33. The number of para-hydroxylation sites is 2. The van der Waals surface area contributed by atoms with Gasteiger partial charge in [-0.1, -0.05) is 61.7 Å². The van der Waals surface area contributed by atoms with Crippen LogP contribution in [0.4, 0.5) is 11.4 Å². The standard InChI is InChI=1S/C22H26N2O4/c25-22(28-17-18-9-3-1-4-10-18)15-16-23(19-11-5-2-6-12-19)20-13-7-8-14-21(20)24(26)27/h1,3-4,7-10,13-14,19H,2,5-6,11-12,15-17H2. The zero-order valence-electron chi connectivity index (χ0n) is 16.0. The maximum absolute atomic E-state index is 12.3. The van der Waals surface area contributed by atoms with Crippen LogP contribution in [-0.4, -0.2) is 23.5 Å². The highest BCUT2D eigenvalue weighted by atomic mass is 16.6. The minimum atomic E-state index is -0.348. The van der Waals surface area contributed by atoms with Crippen molar-refractivity contribution in [2.24, 2.45) is 0 Å². The molecule has 1 aliphatic carbocycles. The fraction of sp³-hybridized carbons (Fsp3) is 0.409. The third-order valence-electron chi connectivity index (χ3n) is 5.20. The number of nitro groups is 1. The first-order chi connectivity index (χ1) is 13.6. The van der Waals surface area contributed by atoms with Gasteiger partial charge in [0, 0.05) is 18.7 Å². The van der Waals surface area contributed by atoms with Crippen LogP contribution in [0.1, 0.15) is 44.1 Å². The van der Waals surface area contributed by atoms with Gasteiger partial charge < -0.3 is 9.64 Å². The highest BCUT2D eigenvalue weighted by molar-refractivity contribution is 5.71. The third-order valence-corrected chi connectivity index (χ3v) is 5.20. The molecule has 3 rings (SSSR count). The molecule has 148 valence electrons. The third kappa shape index (κ3) is 5.31. The Morgan fingerprint density at radius 1 is 1.04 bits per heavy atom. The zero-order valence-corrected chi connectivity index (χ0v) is 16.0.